The molecule has 0 spiro atoms. The van der Waals surface area contributed by atoms with Crippen LogP contribution in [0.25, 0.3) is 22.4 Å². The summed E-state index contributed by atoms with van der Waals surface area (Å²) in [7, 11) is 0. The van der Waals surface area contributed by atoms with E-state index in [0.29, 0.717) is 12.5 Å². The summed E-state index contributed by atoms with van der Waals surface area (Å²) in [6.45, 7) is 6.94. The highest BCUT2D eigenvalue weighted by molar-refractivity contribution is 5.87. The molecule has 1 aromatic heterocycles. The van der Waals surface area contributed by atoms with Gasteiger partial charge >= 0.3 is 5.97 Å². The van der Waals surface area contributed by atoms with Crippen molar-refractivity contribution in [3.63, 3.8) is 0 Å². The van der Waals surface area contributed by atoms with Crippen LogP contribution < -0.4 is 0 Å². The van der Waals surface area contributed by atoms with Gasteiger partial charge in [0.15, 0.2) is 5.69 Å². The van der Waals surface area contributed by atoms with Gasteiger partial charge in [-0.15, -0.1) is 0 Å². The Morgan fingerprint density at radius 2 is 1.72 bits per heavy atom. The number of rotatable bonds is 5. The number of nitrogens with zero attached hydrogens (tertiary/aromatic N) is 2. The first-order valence-electron chi connectivity index (χ1n) is 8.42. The first-order chi connectivity index (χ1) is 11.9. The van der Waals surface area contributed by atoms with Gasteiger partial charge in [-0.1, -0.05) is 67.9 Å². The van der Waals surface area contributed by atoms with Crippen LogP contribution in [0.15, 0.2) is 54.6 Å². The number of benzene rings is 2. The summed E-state index contributed by atoms with van der Waals surface area (Å²) in [5, 5.41) is 13.5. The summed E-state index contributed by atoms with van der Waals surface area (Å²) < 4.78 is 1.79. The van der Waals surface area contributed by atoms with Crippen LogP contribution >= 0.6 is 0 Å². The molecule has 3 rings (SSSR count). The number of carbonyl (C=O) groups is 1. The smallest absolute Gasteiger partial charge is 0.356 e. The third kappa shape index (κ3) is 3.79. The maximum Gasteiger partial charge on any atom is 0.356 e. The average molecular weight is 334 g/mol. The zero-order valence-corrected chi connectivity index (χ0v) is 14.7. The molecule has 0 saturated carbocycles. The number of carboxylic acids is 1. The lowest BCUT2D eigenvalue weighted by Crippen LogP contribution is -2.09. The molecule has 0 amide bonds. The number of aromatic carboxylic acids is 1. The molecule has 0 aliphatic carbocycles. The highest BCUT2D eigenvalue weighted by Crippen LogP contribution is 2.26. The van der Waals surface area contributed by atoms with E-state index in [1.165, 1.54) is 11.1 Å². The van der Waals surface area contributed by atoms with Crippen molar-refractivity contribution in [2.45, 2.75) is 27.3 Å². The highest BCUT2D eigenvalue weighted by atomic mass is 16.4. The van der Waals surface area contributed by atoms with E-state index in [2.05, 4.69) is 62.3 Å². The van der Waals surface area contributed by atoms with Crippen LogP contribution in [-0.2, 0) is 6.54 Å². The SMILES string of the molecule is Cc1cccc(-c2ccc(-c3cc(C(=O)O)nn3CC(C)C)cc2)c1. The van der Waals surface area contributed by atoms with Crippen LogP contribution in [0.3, 0.4) is 0 Å². The van der Waals surface area contributed by atoms with Crippen molar-refractivity contribution in [1.29, 1.82) is 0 Å². The van der Waals surface area contributed by atoms with Crippen LogP contribution in [0.4, 0.5) is 0 Å². The number of aryl methyl sites for hydroxylation is 1. The lowest BCUT2D eigenvalue weighted by Gasteiger charge is -2.10. The minimum atomic E-state index is -1.000. The molecule has 0 aliphatic heterocycles. The maximum absolute atomic E-state index is 11.3. The van der Waals surface area contributed by atoms with Gasteiger partial charge in [-0.3, -0.25) is 4.68 Å². The molecule has 25 heavy (non-hydrogen) atoms. The van der Waals surface area contributed by atoms with E-state index in [4.69, 9.17) is 0 Å². The molecule has 2 aromatic carbocycles. The number of hydrogen-bond acceptors (Lipinski definition) is 2. The summed E-state index contributed by atoms with van der Waals surface area (Å²) in [5.41, 5.74) is 5.43. The van der Waals surface area contributed by atoms with Crippen LogP contribution in [0.1, 0.15) is 29.9 Å². The van der Waals surface area contributed by atoms with Crippen molar-refractivity contribution in [2.24, 2.45) is 5.92 Å². The molecule has 3 aromatic rings. The molecular formula is C21H22N2O2. The predicted molar refractivity (Wildman–Crippen MR) is 99.6 cm³/mol. The van der Waals surface area contributed by atoms with Crippen molar-refractivity contribution >= 4 is 5.97 Å². The van der Waals surface area contributed by atoms with Gasteiger partial charge in [0.2, 0.25) is 0 Å². The standard InChI is InChI=1S/C21H22N2O2/c1-14(2)13-23-20(12-19(22-23)21(24)25)17-9-7-16(8-10-17)18-6-4-5-15(3)11-18/h4-12,14H,13H2,1-3H3,(H,24,25). The Morgan fingerprint density at radius 3 is 2.32 bits per heavy atom. The first kappa shape index (κ1) is 17.0. The molecule has 0 fully saturated rings. The molecule has 1 N–H and O–H groups in total. The molecule has 0 bridgehead atoms. The number of hydrogen-bond donors (Lipinski definition) is 1. The van der Waals surface area contributed by atoms with Gasteiger partial charge < -0.3 is 5.11 Å². The molecule has 0 unspecified atom stereocenters. The molecular weight excluding hydrogens is 312 g/mol. The third-order valence-electron chi connectivity index (χ3n) is 4.07. The van der Waals surface area contributed by atoms with Gasteiger partial charge in [0.05, 0.1) is 5.69 Å². The fraction of sp³-hybridized carbons (Fsp3) is 0.238. The van der Waals surface area contributed by atoms with E-state index in [0.717, 1.165) is 16.8 Å². The number of aromatic nitrogens is 2. The van der Waals surface area contributed by atoms with Gasteiger partial charge in [-0.2, -0.15) is 5.10 Å². The van der Waals surface area contributed by atoms with Crippen molar-refractivity contribution in [3.05, 3.63) is 65.9 Å². The molecule has 128 valence electrons. The van der Waals surface area contributed by atoms with Gasteiger partial charge in [0, 0.05) is 6.54 Å². The van der Waals surface area contributed by atoms with E-state index in [-0.39, 0.29) is 5.69 Å². The fourth-order valence-corrected chi connectivity index (χ4v) is 2.90. The number of carboxylic acid groups (broad SMARTS) is 1. The van der Waals surface area contributed by atoms with E-state index in [9.17, 15) is 9.90 Å². The fourth-order valence-electron chi connectivity index (χ4n) is 2.90. The minimum absolute atomic E-state index is 0.0819. The second-order valence-electron chi connectivity index (χ2n) is 6.74. The van der Waals surface area contributed by atoms with Gasteiger partial charge in [-0.05, 0) is 35.6 Å². The van der Waals surface area contributed by atoms with Crippen molar-refractivity contribution in [1.82, 2.24) is 9.78 Å². The van der Waals surface area contributed by atoms with Gasteiger partial charge in [0.1, 0.15) is 0 Å². The van der Waals surface area contributed by atoms with E-state index < -0.39 is 5.97 Å². The Bertz CT molecular complexity index is 893. The lowest BCUT2D eigenvalue weighted by molar-refractivity contribution is 0.0689. The summed E-state index contributed by atoms with van der Waals surface area (Å²) in [5.74, 6) is -0.619. The van der Waals surface area contributed by atoms with E-state index in [1.807, 2.05) is 12.1 Å². The van der Waals surface area contributed by atoms with Gasteiger partial charge in [-0.25, -0.2) is 4.79 Å². The molecule has 0 aliphatic rings. The molecule has 1 heterocycles. The molecule has 4 heteroatoms. The van der Waals surface area contributed by atoms with Crippen LogP contribution in [-0.4, -0.2) is 20.9 Å². The second-order valence-corrected chi connectivity index (χ2v) is 6.74. The quantitative estimate of drug-likeness (QED) is 0.723. The van der Waals surface area contributed by atoms with Crippen LogP contribution in [0.2, 0.25) is 0 Å². The van der Waals surface area contributed by atoms with Crippen molar-refractivity contribution in [3.8, 4) is 22.4 Å². The average Bonchev–Trinajstić information content (AvgIpc) is 2.98. The van der Waals surface area contributed by atoms with Crippen LogP contribution in [0.5, 0.6) is 0 Å². The maximum atomic E-state index is 11.3. The Labute approximate surface area is 147 Å². The van der Waals surface area contributed by atoms with Crippen molar-refractivity contribution in [2.75, 3.05) is 0 Å². The minimum Gasteiger partial charge on any atom is -0.476 e. The highest BCUT2D eigenvalue weighted by Gasteiger charge is 2.15. The molecule has 4 nitrogen and oxygen atoms in total. The predicted octanol–water partition coefficient (Wildman–Crippen LogP) is 4.88. The normalized spacial score (nSPS) is 11.0. The lowest BCUT2D eigenvalue weighted by atomic mass is 10.0. The van der Waals surface area contributed by atoms with Crippen LogP contribution in [0, 0.1) is 12.8 Å². The first-order valence-corrected chi connectivity index (χ1v) is 8.42. The Kier molecular flexibility index (Phi) is 4.70. The Morgan fingerprint density at radius 1 is 1.04 bits per heavy atom. The van der Waals surface area contributed by atoms with E-state index >= 15 is 0 Å². The summed E-state index contributed by atoms with van der Waals surface area (Å²) in [4.78, 5) is 11.3. The summed E-state index contributed by atoms with van der Waals surface area (Å²) in [6.07, 6.45) is 0. The topological polar surface area (TPSA) is 55.1 Å². The zero-order chi connectivity index (χ0) is 18.0. The molecule has 0 atom stereocenters. The monoisotopic (exact) mass is 334 g/mol. The molecule has 0 saturated heterocycles. The Balaban J connectivity index is 1.98. The van der Waals surface area contributed by atoms with E-state index in [1.54, 1.807) is 10.7 Å². The summed E-state index contributed by atoms with van der Waals surface area (Å²) >= 11 is 0. The Hall–Kier alpha value is -2.88. The summed E-state index contributed by atoms with van der Waals surface area (Å²) in [6, 6.07) is 18.2. The third-order valence-corrected chi connectivity index (χ3v) is 4.07. The van der Waals surface area contributed by atoms with Gasteiger partial charge in [0.25, 0.3) is 0 Å². The van der Waals surface area contributed by atoms with Crippen molar-refractivity contribution < 1.29 is 9.90 Å². The molecule has 0 radical (unpaired) electrons. The second kappa shape index (κ2) is 6.93. The largest absolute Gasteiger partial charge is 0.476 e. The zero-order valence-electron chi connectivity index (χ0n) is 14.7.